The summed E-state index contributed by atoms with van der Waals surface area (Å²) in [5.74, 6) is -0.626. The van der Waals surface area contributed by atoms with Gasteiger partial charge < -0.3 is 15.2 Å². The van der Waals surface area contributed by atoms with Gasteiger partial charge in [-0.05, 0) is 30.3 Å². The van der Waals surface area contributed by atoms with E-state index in [1.807, 2.05) is 20.8 Å². The molecule has 36 heavy (non-hydrogen) atoms. The molecule has 0 saturated heterocycles. The molecule has 0 aliphatic rings. The molecule has 4 rings (SSSR count). The highest BCUT2D eigenvalue weighted by atomic mass is 32.2. The van der Waals surface area contributed by atoms with Gasteiger partial charge in [0.15, 0.2) is 10.7 Å². The number of hydrogen-bond acceptors (Lipinski definition) is 8. The maximum Gasteiger partial charge on any atom is 0.339 e. The number of anilines is 1. The van der Waals surface area contributed by atoms with Crippen LogP contribution in [0.1, 0.15) is 42.4 Å². The molecule has 0 bridgehead atoms. The Morgan fingerprint density at radius 3 is 2.44 bits per heavy atom. The first-order chi connectivity index (χ1) is 16.9. The Kier molecular flexibility index (Phi) is 6.44. The molecular formula is C25H27N5O5S. The second-order valence-corrected chi connectivity index (χ2v) is 11.1. The Bertz CT molecular complexity index is 1550. The largest absolute Gasteiger partial charge is 0.497 e. The fourth-order valence-electron chi connectivity index (χ4n) is 3.94. The van der Waals surface area contributed by atoms with E-state index in [2.05, 4.69) is 20.4 Å². The predicted octanol–water partition coefficient (Wildman–Crippen LogP) is 3.81. The number of aromatic carboxylic acids is 1. The third-order valence-corrected chi connectivity index (χ3v) is 7.49. The molecule has 0 fully saturated rings. The van der Waals surface area contributed by atoms with Crippen LogP contribution in [0.25, 0.3) is 11.0 Å². The summed E-state index contributed by atoms with van der Waals surface area (Å²) < 4.78 is 33.5. The van der Waals surface area contributed by atoms with Crippen LogP contribution >= 0.6 is 0 Å². The predicted molar refractivity (Wildman–Crippen MR) is 134 cm³/mol. The molecule has 4 aromatic rings. The quantitative estimate of drug-likeness (QED) is 0.381. The average Bonchev–Trinajstić information content (AvgIpc) is 3.20. The third-order valence-electron chi connectivity index (χ3n) is 5.72. The normalized spacial score (nSPS) is 12.0. The molecular weight excluding hydrogens is 482 g/mol. The number of sulfone groups is 1. The highest BCUT2D eigenvalue weighted by Crippen LogP contribution is 2.35. The van der Waals surface area contributed by atoms with Gasteiger partial charge in [0.05, 0.1) is 28.8 Å². The zero-order chi connectivity index (χ0) is 26.3. The number of hydrogen-bond donors (Lipinski definition) is 2. The lowest BCUT2D eigenvalue weighted by Crippen LogP contribution is -2.15. The zero-order valence-electron chi connectivity index (χ0n) is 20.6. The molecule has 11 heteroatoms. The van der Waals surface area contributed by atoms with Gasteiger partial charge in [-0.1, -0.05) is 26.8 Å². The molecule has 2 N–H and O–H groups in total. The van der Waals surface area contributed by atoms with Crippen molar-refractivity contribution in [2.24, 2.45) is 7.05 Å². The minimum Gasteiger partial charge on any atom is -0.497 e. The van der Waals surface area contributed by atoms with Crippen molar-refractivity contribution in [2.45, 2.75) is 42.7 Å². The van der Waals surface area contributed by atoms with Crippen molar-refractivity contribution in [3.63, 3.8) is 0 Å². The van der Waals surface area contributed by atoms with Gasteiger partial charge in [-0.25, -0.2) is 23.2 Å². The SMILES string of the molecule is COc1ccc(S(=O)(=O)c2ncccc2CNc2c(C(=O)O)cnc3c2c(C(C)(C)C)nn3C)cc1. The van der Waals surface area contributed by atoms with Gasteiger partial charge in [0.25, 0.3) is 0 Å². The number of fused-ring (bicyclic) bond motifs is 1. The average molecular weight is 510 g/mol. The lowest BCUT2D eigenvalue weighted by Gasteiger charge is -2.18. The van der Waals surface area contributed by atoms with Crippen LogP contribution in [0.4, 0.5) is 5.69 Å². The summed E-state index contributed by atoms with van der Waals surface area (Å²) in [6.07, 6.45) is 2.69. The maximum absolute atomic E-state index is 13.4. The number of nitrogens with one attached hydrogen (secondary N) is 1. The Hall–Kier alpha value is -3.99. The number of methoxy groups -OCH3 is 1. The number of aromatic nitrogens is 4. The van der Waals surface area contributed by atoms with Crippen LogP contribution in [0, 0.1) is 0 Å². The summed E-state index contributed by atoms with van der Waals surface area (Å²) in [5, 5.41) is 18.1. The number of rotatable bonds is 7. The van der Waals surface area contributed by atoms with Gasteiger partial charge in [-0.2, -0.15) is 5.10 Å². The number of carboxylic acids is 1. The van der Waals surface area contributed by atoms with E-state index < -0.39 is 21.2 Å². The van der Waals surface area contributed by atoms with E-state index in [1.54, 1.807) is 36.0 Å². The third kappa shape index (κ3) is 4.49. The molecule has 0 unspecified atom stereocenters. The Morgan fingerprint density at radius 1 is 1.14 bits per heavy atom. The van der Waals surface area contributed by atoms with Crippen molar-refractivity contribution in [1.82, 2.24) is 19.7 Å². The minimum atomic E-state index is -3.95. The number of aryl methyl sites for hydroxylation is 1. The van der Waals surface area contributed by atoms with Crippen LogP contribution in [0.3, 0.4) is 0 Å². The minimum absolute atomic E-state index is 0.0103. The molecule has 10 nitrogen and oxygen atoms in total. The van der Waals surface area contributed by atoms with E-state index in [1.165, 1.54) is 31.6 Å². The van der Waals surface area contributed by atoms with Crippen LogP contribution in [0.2, 0.25) is 0 Å². The summed E-state index contributed by atoms with van der Waals surface area (Å²) in [4.78, 5) is 20.6. The van der Waals surface area contributed by atoms with E-state index in [4.69, 9.17) is 4.74 Å². The molecule has 0 aliphatic carbocycles. The van der Waals surface area contributed by atoms with E-state index in [0.717, 1.165) is 0 Å². The lowest BCUT2D eigenvalue weighted by atomic mass is 9.89. The van der Waals surface area contributed by atoms with E-state index in [9.17, 15) is 18.3 Å². The molecule has 3 heterocycles. The number of ether oxygens (including phenoxy) is 1. The van der Waals surface area contributed by atoms with Gasteiger partial charge in [0.1, 0.15) is 11.3 Å². The van der Waals surface area contributed by atoms with Crippen molar-refractivity contribution in [3.8, 4) is 5.75 Å². The van der Waals surface area contributed by atoms with Gasteiger partial charge in [-0.15, -0.1) is 0 Å². The molecule has 1 aromatic carbocycles. The summed E-state index contributed by atoms with van der Waals surface area (Å²) >= 11 is 0. The summed E-state index contributed by atoms with van der Waals surface area (Å²) in [6.45, 7) is 5.95. The first-order valence-electron chi connectivity index (χ1n) is 11.1. The fourth-order valence-corrected chi connectivity index (χ4v) is 5.34. The van der Waals surface area contributed by atoms with Crippen molar-refractivity contribution in [2.75, 3.05) is 12.4 Å². The van der Waals surface area contributed by atoms with Crippen molar-refractivity contribution < 1.29 is 23.1 Å². The molecule has 0 aliphatic heterocycles. The van der Waals surface area contributed by atoms with Gasteiger partial charge in [0.2, 0.25) is 9.84 Å². The molecule has 0 atom stereocenters. The topological polar surface area (TPSA) is 136 Å². The molecule has 0 amide bonds. The molecule has 0 saturated carbocycles. The van der Waals surface area contributed by atoms with E-state index in [0.29, 0.717) is 33.7 Å². The highest BCUT2D eigenvalue weighted by molar-refractivity contribution is 7.91. The molecule has 188 valence electrons. The summed E-state index contributed by atoms with van der Waals surface area (Å²) in [6, 6.07) is 9.33. The van der Waals surface area contributed by atoms with E-state index >= 15 is 0 Å². The van der Waals surface area contributed by atoms with Crippen LogP contribution in [0.5, 0.6) is 5.75 Å². The number of carboxylic acid groups (broad SMARTS) is 1. The van der Waals surface area contributed by atoms with Gasteiger partial charge in [-0.3, -0.25) is 4.68 Å². The van der Waals surface area contributed by atoms with E-state index in [-0.39, 0.29) is 22.0 Å². The summed E-state index contributed by atoms with van der Waals surface area (Å²) in [7, 11) is -0.701. The monoisotopic (exact) mass is 509 g/mol. The van der Waals surface area contributed by atoms with Crippen LogP contribution in [-0.2, 0) is 28.8 Å². The first kappa shape index (κ1) is 25.1. The molecule has 0 radical (unpaired) electrons. The number of carbonyl (C=O) groups is 1. The fraction of sp³-hybridized carbons (Fsp3) is 0.280. The Balaban J connectivity index is 1.80. The Morgan fingerprint density at radius 2 is 1.83 bits per heavy atom. The smallest absolute Gasteiger partial charge is 0.339 e. The standard InChI is InChI=1S/C25H27N5O5S/c1-25(2,3)21-19-20(18(24(31)32)14-28-22(19)30(4)29-21)27-13-15-7-6-12-26-23(15)36(33,34)17-10-8-16(35-5)9-11-17/h6-12,14H,13H2,1-5H3,(H,27,28)(H,31,32). The maximum atomic E-state index is 13.4. The Labute approximate surface area is 208 Å². The second kappa shape index (κ2) is 9.23. The van der Waals surface area contributed by atoms with Crippen molar-refractivity contribution >= 4 is 32.5 Å². The number of nitrogens with zero attached hydrogens (tertiary/aromatic N) is 4. The van der Waals surface area contributed by atoms with Gasteiger partial charge >= 0.3 is 5.97 Å². The molecule has 0 spiro atoms. The highest BCUT2D eigenvalue weighted by Gasteiger charge is 2.28. The second-order valence-electron chi connectivity index (χ2n) is 9.27. The van der Waals surface area contributed by atoms with Crippen LogP contribution in [0.15, 0.2) is 58.7 Å². The number of benzene rings is 1. The molecule has 3 aromatic heterocycles. The van der Waals surface area contributed by atoms with Crippen LogP contribution in [-0.4, -0.2) is 46.4 Å². The van der Waals surface area contributed by atoms with Crippen molar-refractivity contribution in [3.05, 3.63) is 65.6 Å². The first-order valence-corrected chi connectivity index (χ1v) is 12.6. The lowest BCUT2D eigenvalue weighted by molar-refractivity contribution is 0.0697. The van der Waals surface area contributed by atoms with Crippen LogP contribution < -0.4 is 10.1 Å². The van der Waals surface area contributed by atoms with Gasteiger partial charge in [0, 0.05) is 37.0 Å². The van der Waals surface area contributed by atoms with Crippen molar-refractivity contribution in [1.29, 1.82) is 0 Å². The zero-order valence-corrected chi connectivity index (χ0v) is 21.4. The summed E-state index contributed by atoms with van der Waals surface area (Å²) in [5.41, 5.74) is 1.47. The number of pyridine rings is 2.